The zero-order valence-electron chi connectivity index (χ0n) is 17.3. The standard InChI is InChI=1S/C24H20FN3O5/c25-14-9-15(12-26-11-14)27-23(31)21(10-22(29)30)28-24(32)33-13-20-18-7-3-1-5-16(18)17-6-2-4-8-19(17)20/h1-9,11-12,20-21H,10,13H2,(H,27,31)(H,28,32)(H,29,30). The molecule has 0 saturated heterocycles. The van der Waals surface area contributed by atoms with Gasteiger partial charge in [0.05, 0.1) is 24.5 Å². The van der Waals surface area contributed by atoms with Gasteiger partial charge in [0.2, 0.25) is 5.91 Å². The van der Waals surface area contributed by atoms with E-state index in [4.69, 9.17) is 9.84 Å². The Bertz CT molecular complexity index is 1170. The van der Waals surface area contributed by atoms with Gasteiger partial charge >= 0.3 is 12.1 Å². The number of hydrogen-bond acceptors (Lipinski definition) is 5. The van der Waals surface area contributed by atoms with Crippen molar-refractivity contribution >= 4 is 23.7 Å². The third-order valence-corrected chi connectivity index (χ3v) is 5.30. The quantitative estimate of drug-likeness (QED) is 0.508. The van der Waals surface area contributed by atoms with Crippen LogP contribution < -0.4 is 10.6 Å². The maximum absolute atomic E-state index is 13.3. The number of carboxylic acid groups (broad SMARTS) is 1. The van der Waals surface area contributed by atoms with E-state index in [1.807, 2.05) is 48.5 Å². The first-order valence-electron chi connectivity index (χ1n) is 10.2. The summed E-state index contributed by atoms with van der Waals surface area (Å²) in [4.78, 5) is 39.7. The predicted molar refractivity (Wildman–Crippen MR) is 117 cm³/mol. The molecular weight excluding hydrogens is 429 g/mol. The van der Waals surface area contributed by atoms with E-state index in [1.54, 1.807) is 0 Å². The number of aliphatic carboxylic acids is 1. The molecule has 0 radical (unpaired) electrons. The van der Waals surface area contributed by atoms with E-state index in [0.717, 1.165) is 34.5 Å². The number of nitrogens with one attached hydrogen (secondary N) is 2. The van der Waals surface area contributed by atoms with Crippen LogP contribution in [0.4, 0.5) is 14.9 Å². The average Bonchev–Trinajstić information content (AvgIpc) is 3.11. The van der Waals surface area contributed by atoms with Gasteiger partial charge in [-0.05, 0) is 22.3 Å². The molecule has 1 aliphatic rings. The smallest absolute Gasteiger partial charge is 0.407 e. The summed E-state index contributed by atoms with van der Waals surface area (Å²) in [5.74, 6) is -3.00. The van der Waals surface area contributed by atoms with Gasteiger partial charge in [0.25, 0.3) is 0 Å². The van der Waals surface area contributed by atoms with Crippen molar-refractivity contribution in [1.29, 1.82) is 0 Å². The molecule has 1 aliphatic carbocycles. The van der Waals surface area contributed by atoms with Gasteiger partial charge in [-0.25, -0.2) is 9.18 Å². The van der Waals surface area contributed by atoms with Crippen molar-refractivity contribution in [2.45, 2.75) is 18.4 Å². The molecule has 1 heterocycles. The van der Waals surface area contributed by atoms with E-state index in [-0.39, 0.29) is 18.2 Å². The van der Waals surface area contributed by atoms with Crippen molar-refractivity contribution in [1.82, 2.24) is 10.3 Å². The van der Waals surface area contributed by atoms with E-state index >= 15 is 0 Å². The number of carbonyl (C=O) groups is 3. The van der Waals surface area contributed by atoms with Gasteiger partial charge in [0.15, 0.2) is 0 Å². The summed E-state index contributed by atoms with van der Waals surface area (Å²) >= 11 is 0. The second kappa shape index (κ2) is 9.47. The second-order valence-electron chi connectivity index (χ2n) is 7.50. The van der Waals surface area contributed by atoms with Crippen LogP contribution >= 0.6 is 0 Å². The van der Waals surface area contributed by atoms with Crippen LogP contribution in [0.25, 0.3) is 11.1 Å². The minimum atomic E-state index is -1.43. The summed E-state index contributed by atoms with van der Waals surface area (Å²) in [5.41, 5.74) is 4.20. The van der Waals surface area contributed by atoms with Crippen LogP contribution in [0.1, 0.15) is 23.5 Å². The number of benzene rings is 2. The Morgan fingerprint density at radius 2 is 1.67 bits per heavy atom. The summed E-state index contributed by atoms with van der Waals surface area (Å²) < 4.78 is 18.7. The third kappa shape index (κ3) is 4.98. The van der Waals surface area contributed by atoms with Crippen LogP contribution in [0.2, 0.25) is 0 Å². The highest BCUT2D eigenvalue weighted by Crippen LogP contribution is 2.44. The van der Waals surface area contributed by atoms with Gasteiger partial charge in [0.1, 0.15) is 18.5 Å². The molecule has 3 aromatic rings. The first-order chi connectivity index (χ1) is 15.9. The lowest BCUT2D eigenvalue weighted by molar-refractivity contribution is -0.139. The normalized spacial score (nSPS) is 12.9. The van der Waals surface area contributed by atoms with Crippen molar-refractivity contribution in [3.63, 3.8) is 0 Å². The lowest BCUT2D eigenvalue weighted by Crippen LogP contribution is -2.45. The summed E-state index contributed by atoms with van der Waals surface area (Å²) in [5, 5.41) is 13.8. The Kier molecular flexibility index (Phi) is 6.30. The van der Waals surface area contributed by atoms with Gasteiger partial charge in [0, 0.05) is 12.0 Å². The van der Waals surface area contributed by atoms with Crippen LogP contribution in [0.5, 0.6) is 0 Å². The first-order valence-corrected chi connectivity index (χ1v) is 10.2. The largest absolute Gasteiger partial charge is 0.481 e. The Balaban J connectivity index is 1.43. The molecule has 0 aliphatic heterocycles. The molecule has 3 N–H and O–H groups in total. The number of ether oxygens (including phenoxy) is 1. The fourth-order valence-electron chi connectivity index (χ4n) is 3.88. The van der Waals surface area contributed by atoms with Gasteiger partial charge in [-0.15, -0.1) is 0 Å². The summed E-state index contributed by atoms with van der Waals surface area (Å²) in [6.45, 7) is 0.00901. The van der Waals surface area contributed by atoms with Crippen molar-refractivity contribution in [2.24, 2.45) is 0 Å². The minimum Gasteiger partial charge on any atom is -0.481 e. The fourth-order valence-corrected chi connectivity index (χ4v) is 3.88. The number of halogens is 1. The molecule has 1 atom stereocenters. The van der Waals surface area contributed by atoms with E-state index in [2.05, 4.69) is 15.6 Å². The average molecular weight is 449 g/mol. The number of amides is 2. The van der Waals surface area contributed by atoms with Crippen LogP contribution in [-0.4, -0.2) is 40.7 Å². The summed E-state index contributed by atoms with van der Waals surface area (Å²) in [7, 11) is 0. The van der Waals surface area contributed by atoms with Gasteiger partial charge in [-0.1, -0.05) is 48.5 Å². The van der Waals surface area contributed by atoms with Crippen molar-refractivity contribution in [3.8, 4) is 11.1 Å². The number of fused-ring (bicyclic) bond motifs is 3. The number of pyridine rings is 1. The van der Waals surface area contributed by atoms with E-state index in [9.17, 15) is 18.8 Å². The van der Waals surface area contributed by atoms with Crippen LogP contribution in [0, 0.1) is 5.82 Å². The number of carboxylic acids is 1. The Labute approximate surface area is 188 Å². The summed E-state index contributed by atoms with van der Waals surface area (Å²) in [6.07, 6.45) is 0.542. The zero-order chi connectivity index (χ0) is 23.4. The van der Waals surface area contributed by atoms with Crippen LogP contribution in [-0.2, 0) is 14.3 Å². The summed E-state index contributed by atoms with van der Waals surface area (Å²) in [6, 6.07) is 15.2. The maximum Gasteiger partial charge on any atom is 0.407 e. The molecule has 2 aromatic carbocycles. The number of hydrogen-bond donors (Lipinski definition) is 3. The molecule has 0 fully saturated rings. The van der Waals surface area contributed by atoms with Crippen molar-refractivity contribution in [2.75, 3.05) is 11.9 Å². The highest BCUT2D eigenvalue weighted by Gasteiger charge is 2.30. The van der Waals surface area contributed by atoms with Crippen LogP contribution in [0.3, 0.4) is 0 Å². The number of carbonyl (C=O) groups excluding carboxylic acids is 2. The SMILES string of the molecule is O=C(O)CC(NC(=O)OCC1c2ccccc2-c2ccccc21)C(=O)Nc1cncc(F)c1. The number of alkyl carbamates (subject to hydrolysis) is 1. The third-order valence-electron chi connectivity index (χ3n) is 5.30. The molecular formula is C24H20FN3O5. The van der Waals surface area contributed by atoms with E-state index in [0.29, 0.717) is 0 Å². The molecule has 8 nitrogen and oxygen atoms in total. The topological polar surface area (TPSA) is 118 Å². The molecule has 0 saturated carbocycles. The molecule has 0 spiro atoms. The maximum atomic E-state index is 13.3. The van der Waals surface area contributed by atoms with Gasteiger partial charge in [-0.3, -0.25) is 14.6 Å². The Morgan fingerprint density at radius 3 is 2.27 bits per heavy atom. The highest BCUT2D eigenvalue weighted by atomic mass is 19.1. The van der Waals surface area contributed by atoms with Crippen molar-refractivity contribution < 1.29 is 28.6 Å². The lowest BCUT2D eigenvalue weighted by atomic mass is 9.98. The van der Waals surface area contributed by atoms with Gasteiger partial charge < -0.3 is 20.5 Å². The number of nitrogens with zero attached hydrogens (tertiary/aromatic N) is 1. The number of rotatable bonds is 7. The first kappa shape index (κ1) is 21.9. The van der Waals surface area contributed by atoms with Crippen molar-refractivity contribution in [3.05, 3.63) is 83.9 Å². The minimum absolute atomic E-state index is 0.00901. The zero-order valence-corrected chi connectivity index (χ0v) is 17.3. The molecule has 1 aromatic heterocycles. The molecule has 1 unspecified atom stereocenters. The van der Waals surface area contributed by atoms with Gasteiger partial charge in [-0.2, -0.15) is 0 Å². The number of aromatic nitrogens is 1. The molecule has 2 amide bonds. The number of anilines is 1. The molecule has 33 heavy (non-hydrogen) atoms. The fraction of sp³-hybridized carbons (Fsp3) is 0.167. The lowest BCUT2D eigenvalue weighted by Gasteiger charge is -2.18. The highest BCUT2D eigenvalue weighted by molar-refractivity contribution is 5.98. The molecule has 0 bridgehead atoms. The van der Waals surface area contributed by atoms with Crippen LogP contribution in [0.15, 0.2) is 67.0 Å². The molecule has 4 rings (SSSR count). The predicted octanol–water partition coefficient (Wildman–Crippen LogP) is 3.54. The molecule has 9 heteroatoms. The van der Waals surface area contributed by atoms with E-state index in [1.165, 1.54) is 6.20 Å². The monoisotopic (exact) mass is 449 g/mol. The Hall–Kier alpha value is -4.27. The van der Waals surface area contributed by atoms with E-state index < -0.39 is 36.2 Å². The molecule has 168 valence electrons. The Morgan fingerprint density at radius 1 is 1.03 bits per heavy atom. The second-order valence-corrected chi connectivity index (χ2v) is 7.50.